The van der Waals surface area contributed by atoms with E-state index in [1.165, 1.54) is 19.1 Å². The molecule has 0 saturated carbocycles. The van der Waals surface area contributed by atoms with Crippen LogP contribution in [0.4, 0.5) is 0 Å². The number of ether oxygens (including phenoxy) is 2. The number of aryl methyl sites for hydroxylation is 2. The molecule has 0 N–H and O–H groups in total. The molecule has 0 saturated heterocycles. The first-order valence-electron chi connectivity index (χ1n) is 15.2. The molecular weight excluding hydrogens is 641 g/mol. The van der Waals surface area contributed by atoms with Crippen LogP contribution in [-0.4, -0.2) is 76.6 Å². The molecule has 0 atom stereocenters. The SMILES string of the molecule is CCOC(=O)/C=C/c1ccc(C=O)n1C.CCOC(=O)/C=C/c1cccn1C.CCOP(=O)(CC(C)=O)OCC.Cn1cccc1C=O. The molecule has 0 aliphatic rings. The van der Waals surface area contributed by atoms with Crippen molar-refractivity contribution in [1.29, 1.82) is 0 Å². The zero-order valence-corrected chi connectivity index (χ0v) is 29.9. The van der Waals surface area contributed by atoms with Crippen LogP contribution in [0, 0.1) is 0 Å². The largest absolute Gasteiger partial charge is 0.463 e. The highest BCUT2D eigenvalue weighted by molar-refractivity contribution is 7.54. The number of aromatic nitrogens is 3. The minimum absolute atomic E-state index is 0.130. The Kier molecular flexibility index (Phi) is 22.2. The van der Waals surface area contributed by atoms with Gasteiger partial charge in [-0.1, -0.05) is 0 Å². The van der Waals surface area contributed by atoms with E-state index in [0.29, 0.717) is 37.8 Å². The van der Waals surface area contributed by atoms with E-state index in [9.17, 15) is 28.5 Å². The van der Waals surface area contributed by atoms with Crippen LogP contribution in [0.2, 0.25) is 0 Å². The molecule has 13 nitrogen and oxygen atoms in total. The van der Waals surface area contributed by atoms with Crippen molar-refractivity contribution in [2.24, 2.45) is 21.1 Å². The summed E-state index contributed by atoms with van der Waals surface area (Å²) in [6.45, 7) is 9.69. The summed E-state index contributed by atoms with van der Waals surface area (Å²) in [5, 5.41) is 0. The molecule has 0 amide bonds. The van der Waals surface area contributed by atoms with Gasteiger partial charge in [-0.3, -0.25) is 18.9 Å². The van der Waals surface area contributed by atoms with Gasteiger partial charge in [0.15, 0.2) is 12.6 Å². The Morgan fingerprint density at radius 2 is 1.10 bits per heavy atom. The minimum atomic E-state index is -3.12. The standard InChI is InChI=1S/C11H13NO3.C10H13NO2.C7H15O4P.C6H7NO/c1-3-15-11(14)7-6-9-4-5-10(8-13)12(9)2;1-3-13-10(12)7-6-9-5-4-8-11(9)2;1-4-10-12(9,11-5-2)6-7(3)8;1-7-4-2-3-6(7)5-8/h4-8H,3H2,1-2H3;4-8H,3H2,1-2H3;4-6H2,1-3H3;2-5H,1H3/b2*7-6+;;. The predicted molar refractivity (Wildman–Crippen MR) is 185 cm³/mol. The lowest BCUT2D eigenvalue weighted by molar-refractivity contribution is -0.138. The highest BCUT2D eigenvalue weighted by Crippen LogP contribution is 2.47. The van der Waals surface area contributed by atoms with Crippen molar-refractivity contribution in [3.63, 3.8) is 0 Å². The second kappa shape index (κ2) is 24.6. The molecule has 0 aromatic carbocycles. The van der Waals surface area contributed by atoms with E-state index >= 15 is 0 Å². The van der Waals surface area contributed by atoms with Gasteiger partial charge in [0.1, 0.15) is 11.9 Å². The molecule has 0 fully saturated rings. The lowest BCUT2D eigenvalue weighted by Crippen LogP contribution is -2.06. The van der Waals surface area contributed by atoms with Gasteiger partial charge in [-0.25, -0.2) is 9.59 Å². The van der Waals surface area contributed by atoms with Gasteiger partial charge in [0.2, 0.25) is 0 Å². The molecule has 3 aromatic heterocycles. The molecule has 264 valence electrons. The Bertz CT molecular complexity index is 1520. The summed E-state index contributed by atoms with van der Waals surface area (Å²) in [5.41, 5.74) is 3.04. The fourth-order valence-electron chi connectivity index (χ4n) is 3.56. The van der Waals surface area contributed by atoms with E-state index in [-0.39, 0.29) is 23.9 Å². The maximum Gasteiger partial charge on any atom is 0.338 e. The monoisotopic (exact) mass is 689 g/mol. The van der Waals surface area contributed by atoms with Crippen LogP contribution in [0.15, 0.2) is 60.9 Å². The Morgan fingerprint density at radius 1 is 0.667 bits per heavy atom. The van der Waals surface area contributed by atoms with Crippen LogP contribution in [0.1, 0.15) is 67.0 Å². The molecule has 14 heteroatoms. The van der Waals surface area contributed by atoms with Crippen LogP contribution in [-0.2, 0) is 58.6 Å². The number of hydrogen-bond donors (Lipinski definition) is 0. The maximum atomic E-state index is 11.6. The first-order valence-corrected chi connectivity index (χ1v) is 16.9. The summed E-state index contributed by atoms with van der Waals surface area (Å²) in [6, 6.07) is 10.9. The van der Waals surface area contributed by atoms with Gasteiger partial charge in [-0.15, -0.1) is 0 Å². The zero-order valence-electron chi connectivity index (χ0n) is 29.0. The second-order valence-corrected chi connectivity index (χ2v) is 11.6. The number of esters is 2. The molecule has 0 spiro atoms. The van der Waals surface area contributed by atoms with Gasteiger partial charge in [-0.05, 0) is 83.2 Å². The van der Waals surface area contributed by atoms with Crippen molar-refractivity contribution in [1.82, 2.24) is 13.7 Å². The summed E-state index contributed by atoms with van der Waals surface area (Å²) in [7, 11) is 2.39. The maximum absolute atomic E-state index is 11.6. The topological polar surface area (TPSA) is 154 Å². The molecule has 0 aliphatic heterocycles. The molecule has 0 unspecified atom stereocenters. The lowest BCUT2D eigenvalue weighted by Gasteiger charge is -2.14. The third-order valence-corrected chi connectivity index (χ3v) is 7.97. The average molecular weight is 690 g/mol. The van der Waals surface area contributed by atoms with Gasteiger partial charge < -0.3 is 32.2 Å². The molecule has 0 bridgehead atoms. The number of carbonyl (C=O) groups is 5. The van der Waals surface area contributed by atoms with E-state index in [1.54, 1.807) is 74.2 Å². The molecule has 0 radical (unpaired) electrons. The molecule has 3 aromatic rings. The van der Waals surface area contributed by atoms with E-state index < -0.39 is 7.60 Å². The number of ketones is 1. The first-order chi connectivity index (χ1) is 22.8. The van der Waals surface area contributed by atoms with Gasteiger partial charge in [-0.2, -0.15) is 0 Å². The normalized spacial score (nSPS) is 10.6. The van der Waals surface area contributed by atoms with Crippen LogP contribution in [0.5, 0.6) is 0 Å². The van der Waals surface area contributed by atoms with Crippen LogP contribution in [0.3, 0.4) is 0 Å². The van der Waals surface area contributed by atoms with E-state index in [4.69, 9.17) is 18.5 Å². The highest BCUT2D eigenvalue weighted by Gasteiger charge is 2.25. The minimum Gasteiger partial charge on any atom is -0.463 e. The van der Waals surface area contributed by atoms with Crippen molar-refractivity contribution in [3.05, 3.63) is 83.7 Å². The third-order valence-electron chi connectivity index (χ3n) is 5.83. The Morgan fingerprint density at radius 3 is 1.44 bits per heavy atom. The molecule has 3 rings (SSSR count). The number of nitrogens with zero attached hydrogens (tertiary/aromatic N) is 3. The van der Waals surface area contributed by atoms with Crippen molar-refractivity contribution >= 4 is 50.0 Å². The van der Waals surface area contributed by atoms with E-state index in [1.807, 2.05) is 49.3 Å². The average Bonchev–Trinajstić information content (AvgIpc) is 3.75. The molecule has 3 heterocycles. The second-order valence-electron chi connectivity index (χ2n) is 9.54. The Hall–Kier alpha value is -4.58. The Labute approximate surface area is 282 Å². The smallest absolute Gasteiger partial charge is 0.338 e. The molecule has 48 heavy (non-hydrogen) atoms. The molecule has 0 aliphatic carbocycles. The summed E-state index contributed by atoms with van der Waals surface area (Å²) in [5.74, 6) is -0.865. The summed E-state index contributed by atoms with van der Waals surface area (Å²) >= 11 is 0. The predicted octanol–water partition coefficient (Wildman–Crippen LogP) is 5.69. The van der Waals surface area contributed by atoms with Gasteiger partial charge in [0.25, 0.3) is 0 Å². The Balaban J connectivity index is 0.000000626. The number of hydrogen-bond acceptors (Lipinski definition) is 10. The van der Waals surface area contributed by atoms with Crippen LogP contribution in [0.25, 0.3) is 12.2 Å². The summed E-state index contributed by atoms with van der Waals surface area (Å²) < 4.78 is 36.2. The number of Topliss-reactive ketones (excluding diaryl/α,β-unsaturated/α-hetero) is 1. The first kappa shape index (κ1) is 43.4. The number of aldehydes is 2. The summed E-state index contributed by atoms with van der Waals surface area (Å²) in [4.78, 5) is 53.2. The van der Waals surface area contributed by atoms with Crippen molar-refractivity contribution in [3.8, 4) is 0 Å². The fourth-order valence-corrected chi connectivity index (χ4v) is 5.14. The van der Waals surface area contributed by atoms with E-state index in [0.717, 1.165) is 24.0 Å². The van der Waals surface area contributed by atoms with Crippen LogP contribution >= 0.6 is 7.60 Å². The zero-order chi connectivity index (χ0) is 36.5. The third kappa shape index (κ3) is 17.9. The quantitative estimate of drug-likeness (QED) is 0.0892. The molecular formula is C34H48N3O10P. The van der Waals surface area contributed by atoms with Crippen molar-refractivity contribution in [2.75, 3.05) is 32.6 Å². The highest BCUT2D eigenvalue weighted by atomic mass is 31.2. The van der Waals surface area contributed by atoms with E-state index in [2.05, 4.69) is 0 Å². The number of carbonyl (C=O) groups excluding carboxylic acids is 5. The van der Waals surface area contributed by atoms with Crippen molar-refractivity contribution in [2.45, 2.75) is 34.6 Å². The summed E-state index contributed by atoms with van der Waals surface area (Å²) in [6.07, 6.45) is 11.3. The lowest BCUT2D eigenvalue weighted by atomic mass is 10.4. The van der Waals surface area contributed by atoms with Crippen molar-refractivity contribution < 1.29 is 47.1 Å². The number of rotatable bonds is 14. The van der Waals surface area contributed by atoms with Crippen LogP contribution < -0.4 is 0 Å². The van der Waals surface area contributed by atoms with Gasteiger partial charge in [0.05, 0.1) is 37.8 Å². The van der Waals surface area contributed by atoms with Gasteiger partial charge in [0, 0.05) is 57.1 Å². The fraction of sp³-hybridized carbons (Fsp3) is 0.382. The van der Waals surface area contributed by atoms with Gasteiger partial charge >= 0.3 is 19.5 Å².